The van der Waals surface area contributed by atoms with Gasteiger partial charge in [0.2, 0.25) is 5.91 Å². The van der Waals surface area contributed by atoms with E-state index in [-0.39, 0.29) is 5.91 Å². The molecule has 5 nitrogen and oxygen atoms in total. The van der Waals surface area contributed by atoms with E-state index in [0.717, 1.165) is 21.6 Å². The topological polar surface area (TPSA) is 66.5 Å². The third-order valence-corrected chi connectivity index (χ3v) is 7.69. The molecule has 0 aliphatic carbocycles. The third-order valence-electron chi connectivity index (χ3n) is 4.61. The van der Waals surface area contributed by atoms with Crippen LogP contribution in [0, 0.1) is 13.8 Å². The average molecular weight is 379 g/mol. The molecule has 1 amide bonds. The highest BCUT2D eigenvalue weighted by atomic mass is 32.2. The summed E-state index contributed by atoms with van der Waals surface area (Å²) in [7, 11) is -3.62. The van der Waals surface area contributed by atoms with Crippen molar-refractivity contribution in [3.63, 3.8) is 0 Å². The van der Waals surface area contributed by atoms with Crippen molar-refractivity contribution in [3.05, 3.63) is 45.8 Å². The molecule has 7 heteroatoms. The molecule has 1 aromatic carbocycles. The third kappa shape index (κ3) is 3.57. The van der Waals surface area contributed by atoms with Crippen molar-refractivity contribution in [2.24, 2.45) is 0 Å². The van der Waals surface area contributed by atoms with Gasteiger partial charge in [-0.05, 0) is 49.1 Å². The number of sulfonamides is 1. The normalized spacial score (nSPS) is 14.3. The van der Waals surface area contributed by atoms with Gasteiger partial charge in [-0.25, -0.2) is 8.42 Å². The van der Waals surface area contributed by atoms with Gasteiger partial charge >= 0.3 is 0 Å². The van der Waals surface area contributed by atoms with Crippen LogP contribution in [-0.4, -0.2) is 25.8 Å². The summed E-state index contributed by atoms with van der Waals surface area (Å²) in [5.74, 6) is 0.106. The van der Waals surface area contributed by atoms with Crippen molar-refractivity contribution in [1.82, 2.24) is 4.90 Å². The molecule has 1 aliphatic heterocycles. The molecule has 1 aromatic heterocycles. The molecule has 134 valence electrons. The van der Waals surface area contributed by atoms with Crippen LogP contribution >= 0.6 is 11.3 Å². The van der Waals surface area contributed by atoms with E-state index in [1.807, 2.05) is 32.9 Å². The van der Waals surface area contributed by atoms with Gasteiger partial charge in [0.05, 0.1) is 5.69 Å². The predicted octanol–water partition coefficient (Wildman–Crippen LogP) is 3.46. The molecule has 1 aliphatic rings. The second kappa shape index (κ2) is 6.80. The molecule has 0 atom stereocenters. The van der Waals surface area contributed by atoms with E-state index in [9.17, 15) is 13.2 Å². The van der Waals surface area contributed by atoms with E-state index in [4.69, 9.17) is 0 Å². The Morgan fingerprint density at radius 3 is 2.80 bits per heavy atom. The lowest BCUT2D eigenvalue weighted by Gasteiger charge is -2.26. The Hall–Kier alpha value is -1.86. The fourth-order valence-corrected chi connectivity index (χ4v) is 5.60. The second-order valence-corrected chi connectivity index (χ2v) is 9.33. The Balaban J connectivity index is 1.86. The summed E-state index contributed by atoms with van der Waals surface area (Å²) in [6, 6.07) is 7.28. The minimum atomic E-state index is -3.62. The van der Waals surface area contributed by atoms with Crippen LogP contribution in [0.2, 0.25) is 0 Å². The van der Waals surface area contributed by atoms with Gasteiger partial charge in [0, 0.05) is 24.4 Å². The molecular weight excluding hydrogens is 356 g/mol. The highest BCUT2D eigenvalue weighted by Crippen LogP contribution is 2.32. The van der Waals surface area contributed by atoms with Crippen molar-refractivity contribution in [1.29, 1.82) is 0 Å². The quantitative estimate of drug-likeness (QED) is 0.886. The average Bonchev–Trinajstić information content (AvgIpc) is 3.02. The maximum Gasteiger partial charge on any atom is 0.271 e. The van der Waals surface area contributed by atoms with Crippen molar-refractivity contribution < 1.29 is 13.2 Å². The Morgan fingerprint density at radius 2 is 2.08 bits per heavy atom. The summed E-state index contributed by atoms with van der Waals surface area (Å²) >= 11 is 1.30. The maximum absolute atomic E-state index is 12.8. The number of carbonyl (C=O) groups excluding carboxylic acids is 1. The standard InChI is InChI=1S/C18H22N2O3S2/c1-4-17(21)20-9-8-16-14(11-20)10-18(24-16)25(22,23)19-15-7-5-6-12(2)13(15)3/h5-7,10,19H,4,8-9,11H2,1-3H3. The van der Waals surface area contributed by atoms with Crippen LogP contribution in [0.3, 0.4) is 0 Å². The minimum Gasteiger partial charge on any atom is -0.338 e. The van der Waals surface area contributed by atoms with Crippen LogP contribution in [0.25, 0.3) is 0 Å². The number of thiophene rings is 1. The SMILES string of the molecule is CCC(=O)N1CCc2sc(S(=O)(=O)Nc3cccc(C)c3C)cc2C1. The Labute approximate surface area is 152 Å². The highest BCUT2D eigenvalue weighted by Gasteiger charge is 2.26. The van der Waals surface area contributed by atoms with Crippen molar-refractivity contribution in [3.8, 4) is 0 Å². The first-order valence-electron chi connectivity index (χ1n) is 8.30. The molecule has 0 radical (unpaired) electrons. The number of rotatable bonds is 4. The molecule has 0 bridgehead atoms. The molecule has 0 fully saturated rings. The molecule has 3 rings (SSSR count). The number of amides is 1. The fourth-order valence-electron chi connectivity index (χ4n) is 2.93. The lowest BCUT2D eigenvalue weighted by atomic mass is 10.1. The fraction of sp³-hybridized carbons (Fsp3) is 0.389. The second-order valence-electron chi connectivity index (χ2n) is 6.29. The summed E-state index contributed by atoms with van der Waals surface area (Å²) in [5, 5.41) is 0. The van der Waals surface area contributed by atoms with Gasteiger partial charge in [-0.2, -0.15) is 0 Å². The van der Waals surface area contributed by atoms with Crippen LogP contribution in [-0.2, 0) is 27.8 Å². The van der Waals surface area contributed by atoms with E-state index < -0.39 is 10.0 Å². The van der Waals surface area contributed by atoms with E-state index in [1.54, 1.807) is 17.0 Å². The number of nitrogens with one attached hydrogen (secondary N) is 1. The largest absolute Gasteiger partial charge is 0.338 e. The van der Waals surface area contributed by atoms with Gasteiger partial charge in [0.15, 0.2) is 0 Å². The molecule has 25 heavy (non-hydrogen) atoms. The van der Waals surface area contributed by atoms with Crippen LogP contribution < -0.4 is 4.72 Å². The van der Waals surface area contributed by atoms with Crippen molar-refractivity contribution in [2.75, 3.05) is 11.3 Å². The molecule has 0 spiro atoms. The molecule has 1 N–H and O–H groups in total. The van der Waals surface area contributed by atoms with E-state index in [1.165, 1.54) is 11.3 Å². The van der Waals surface area contributed by atoms with Gasteiger partial charge in [-0.15, -0.1) is 11.3 Å². The van der Waals surface area contributed by atoms with Crippen LogP contribution in [0.4, 0.5) is 5.69 Å². The Bertz CT molecular complexity index is 916. The van der Waals surface area contributed by atoms with E-state index in [2.05, 4.69) is 4.72 Å². The molecule has 2 aromatic rings. The van der Waals surface area contributed by atoms with Gasteiger partial charge < -0.3 is 4.90 Å². The smallest absolute Gasteiger partial charge is 0.271 e. The number of carbonyl (C=O) groups is 1. The zero-order valence-electron chi connectivity index (χ0n) is 14.6. The maximum atomic E-state index is 12.8. The summed E-state index contributed by atoms with van der Waals surface area (Å²) in [6.07, 6.45) is 1.18. The first-order chi connectivity index (χ1) is 11.8. The van der Waals surface area contributed by atoms with Crippen molar-refractivity contribution >= 4 is 33.0 Å². The number of benzene rings is 1. The van der Waals surface area contributed by atoms with Gasteiger partial charge in [0.1, 0.15) is 4.21 Å². The summed E-state index contributed by atoms with van der Waals surface area (Å²) < 4.78 is 28.6. The van der Waals surface area contributed by atoms with Crippen LogP contribution in [0.5, 0.6) is 0 Å². The number of nitrogens with zero attached hydrogens (tertiary/aromatic N) is 1. The van der Waals surface area contributed by atoms with E-state index >= 15 is 0 Å². The predicted molar refractivity (Wildman–Crippen MR) is 100 cm³/mol. The summed E-state index contributed by atoms with van der Waals surface area (Å²) in [6.45, 7) is 6.86. The van der Waals surface area contributed by atoms with Crippen LogP contribution in [0.1, 0.15) is 34.9 Å². The Kier molecular flexibility index (Phi) is 4.88. The molecule has 0 saturated heterocycles. The zero-order valence-corrected chi connectivity index (χ0v) is 16.3. The first-order valence-corrected chi connectivity index (χ1v) is 10.6. The molecule has 0 saturated carbocycles. The number of aryl methyl sites for hydroxylation is 1. The summed E-state index contributed by atoms with van der Waals surface area (Å²) in [5.41, 5.74) is 3.51. The van der Waals surface area contributed by atoms with Crippen LogP contribution in [0.15, 0.2) is 28.5 Å². The van der Waals surface area contributed by atoms with Gasteiger partial charge in [-0.3, -0.25) is 9.52 Å². The monoisotopic (exact) mass is 378 g/mol. The lowest BCUT2D eigenvalue weighted by Crippen LogP contribution is -2.34. The molecule has 0 unspecified atom stereocenters. The Morgan fingerprint density at radius 1 is 1.32 bits per heavy atom. The number of anilines is 1. The number of hydrogen-bond acceptors (Lipinski definition) is 4. The number of fused-ring (bicyclic) bond motifs is 1. The van der Waals surface area contributed by atoms with Gasteiger partial charge in [-0.1, -0.05) is 19.1 Å². The lowest BCUT2D eigenvalue weighted by molar-refractivity contribution is -0.131. The molecular formula is C18H22N2O3S2. The minimum absolute atomic E-state index is 0.106. The van der Waals surface area contributed by atoms with Crippen molar-refractivity contribution in [2.45, 2.75) is 44.4 Å². The van der Waals surface area contributed by atoms with E-state index in [0.29, 0.717) is 35.8 Å². The highest BCUT2D eigenvalue weighted by molar-refractivity contribution is 7.94. The first kappa shape index (κ1) is 17.9. The number of hydrogen-bond donors (Lipinski definition) is 1. The zero-order chi connectivity index (χ0) is 18.2. The summed E-state index contributed by atoms with van der Waals surface area (Å²) in [4.78, 5) is 14.7. The van der Waals surface area contributed by atoms with Gasteiger partial charge in [0.25, 0.3) is 10.0 Å². The molecule has 2 heterocycles.